The lowest BCUT2D eigenvalue weighted by atomic mass is 10.1. The molecular formula is C14H8NO5S-. The minimum absolute atomic E-state index is 0.216. The molecule has 6 nitrogen and oxygen atoms in total. The first-order chi connectivity index (χ1) is 9.89. The Labute approximate surface area is 120 Å². The van der Waals surface area contributed by atoms with Crippen molar-refractivity contribution in [3.05, 3.63) is 59.7 Å². The van der Waals surface area contributed by atoms with Gasteiger partial charge in [0.05, 0.1) is 21.7 Å². The molecule has 21 heavy (non-hydrogen) atoms. The second-order valence-electron chi connectivity index (χ2n) is 4.44. The summed E-state index contributed by atoms with van der Waals surface area (Å²) in [5, 5.41) is 0. The van der Waals surface area contributed by atoms with E-state index < -0.39 is 26.8 Å². The second kappa shape index (κ2) is 4.51. The molecule has 106 valence electrons. The second-order valence-corrected chi connectivity index (χ2v) is 5.82. The summed E-state index contributed by atoms with van der Waals surface area (Å²) in [4.78, 5) is 25.0. The maximum Gasteiger partial charge on any atom is 0.266 e. The summed E-state index contributed by atoms with van der Waals surface area (Å²) in [6.45, 7) is 0. The van der Waals surface area contributed by atoms with Crippen LogP contribution >= 0.6 is 0 Å². The van der Waals surface area contributed by atoms with E-state index in [1.807, 2.05) is 0 Å². The van der Waals surface area contributed by atoms with Gasteiger partial charge in [-0.25, -0.2) is 13.3 Å². The van der Waals surface area contributed by atoms with E-state index in [2.05, 4.69) is 0 Å². The summed E-state index contributed by atoms with van der Waals surface area (Å²) in [5.41, 5.74) is 0.805. The molecule has 7 heteroatoms. The first-order valence-electron chi connectivity index (χ1n) is 5.93. The monoisotopic (exact) mass is 302 g/mol. The number of nitrogens with zero attached hydrogens (tertiary/aromatic N) is 1. The molecule has 0 aromatic heterocycles. The van der Waals surface area contributed by atoms with Crippen LogP contribution in [0.1, 0.15) is 20.7 Å². The summed E-state index contributed by atoms with van der Waals surface area (Å²) in [5.74, 6) is -0.957. The number of fused-ring (bicyclic) bond motifs is 1. The number of rotatable bonds is 2. The Morgan fingerprint density at radius 2 is 1.29 bits per heavy atom. The quantitative estimate of drug-likeness (QED) is 0.617. The fraction of sp³-hybridized carbons (Fsp3) is 0. The Hall–Kier alpha value is -2.51. The molecule has 0 bridgehead atoms. The van der Waals surface area contributed by atoms with Crippen molar-refractivity contribution in [1.29, 1.82) is 0 Å². The number of hydrogen-bond acceptors (Lipinski definition) is 5. The van der Waals surface area contributed by atoms with Gasteiger partial charge in [0.2, 0.25) is 0 Å². The highest BCUT2D eigenvalue weighted by Crippen LogP contribution is 2.28. The largest absolute Gasteiger partial charge is 0.744 e. The lowest BCUT2D eigenvalue weighted by molar-refractivity contribution is 0.0926. The van der Waals surface area contributed by atoms with E-state index in [-0.39, 0.29) is 5.69 Å². The van der Waals surface area contributed by atoms with E-state index in [0.717, 1.165) is 17.0 Å². The van der Waals surface area contributed by atoms with Gasteiger partial charge in [-0.05, 0) is 36.4 Å². The van der Waals surface area contributed by atoms with Crippen LogP contribution in [0.25, 0.3) is 0 Å². The number of amides is 2. The summed E-state index contributed by atoms with van der Waals surface area (Å²) >= 11 is 0. The molecule has 1 heterocycles. The molecule has 0 atom stereocenters. The average Bonchev–Trinajstić information content (AvgIpc) is 2.71. The van der Waals surface area contributed by atoms with Gasteiger partial charge in [0.15, 0.2) is 0 Å². The SMILES string of the molecule is O=C1c2ccccc2C(=O)N1c1ccc(S(=O)(=O)[O-])cc1. The summed E-state index contributed by atoms with van der Waals surface area (Å²) in [6.07, 6.45) is 0. The molecular weight excluding hydrogens is 294 g/mol. The Morgan fingerprint density at radius 1 is 0.810 bits per heavy atom. The molecule has 2 aromatic rings. The molecule has 0 spiro atoms. The van der Waals surface area contributed by atoms with Crippen LogP contribution in [0.4, 0.5) is 5.69 Å². The van der Waals surface area contributed by atoms with Crippen LogP contribution in [0.2, 0.25) is 0 Å². The van der Waals surface area contributed by atoms with Crippen molar-refractivity contribution in [2.45, 2.75) is 4.90 Å². The zero-order valence-electron chi connectivity index (χ0n) is 10.5. The van der Waals surface area contributed by atoms with Gasteiger partial charge < -0.3 is 4.55 Å². The van der Waals surface area contributed by atoms with Crippen LogP contribution in [0.15, 0.2) is 53.4 Å². The van der Waals surface area contributed by atoms with Gasteiger partial charge in [0.1, 0.15) is 10.1 Å². The van der Waals surface area contributed by atoms with Crippen LogP contribution in [-0.2, 0) is 10.1 Å². The van der Waals surface area contributed by atoms with Crippen LogP contribution in [-0.4, -0.2) is 24.8 Å². The van der Waals surface area contributed by atoms with Crippen molar-refractivity contribution in [2.24, 2.45) is 0 Å². The van der Waals surface area contributed by atoms with Gasteiger partial charge in [-0.3, -0.25) is 9.59 Å². The third-order valence-corrected chi connectivity index (χ3v) is 4.03. The zero-order valence-corrected chi connectivity index (χ0v) is 11.3. The van der Waals surface area contributed by atoms with E-state index in [4.69, 9.17) is 0 Å². The normalized spacial score (nSPS) is 14.4. The number of carbonyl (C=O) groups is 2. The van der Waals surface area contributed by atoms with Crippen molar-refractivity contribution in [3.8, 4) is 0 Å². The minimum atomic E-state index is -4.56. The van der Waals surface area contributed by atoms with Crippen molar-refractivity contribution in [3.63, 3.8) is 0 Å². The molecule has 1 aliphatic heterocycles. The predicted octanol–water partition coefficient (Wildman–Crippen LogP) is 1.39. The Morgan fingerprint density at radius 3 is 1.71 bits per heavy atom. The lowest BCUT2D eigenvalue weighted by Crippen LogP contribution is -2.29. The van der Waals surface area contributed by atoms with E-state index in [1.54, 1.807) is 24.3 Å². The van der Waals surface area contributed by atoms with Crippen LogP contribution in [0, 0.1) is 0 Å². The fourth-order valence-corrected chi connectivity index (χ4v) is 2.66. The van der Waals surface area contributed by atoms with Crippen LogP contribution in [0.3, 0.4) is 0 Å². The topological polar surface area (TPSA) is 94.6 Å². The highest BCUT2D eigenvalue weighted by molar-refractivity contribution is 7.85. The van der Waals surface area contributed by atoms with Crippen molar-refractivity contribution in [1.82, 2.24) is 0 Å². The van der Waals surface area contributed by atoms with Crippen molar-refractivity contribution >= 4 is 27.6 Å². The third kappa shape index (κ3) is 2.12. The molecule has 2 aromatic carbocycles. The Kier molecular flexibility index (Phi) is 2.89. The molecule has 0 saturated heterocycles. The molecule has 3 rings (SSSR count). The van der Waals surface area contributed by atoms with E-state index in [1.165, 1.54) is 12.1 Å². The highest BCUT2D eigenvalue weighted by atomic mass is 32.2. The first kappa shape index (κ1) is 13.5. The van der Waals surface area contributed by atoms with Gasteiger partial charge in [0.25, 0.3) is 11.8 Å². The third-order valence-electron chi connectivity index (χ3n) is 3.18. The van der Waals surface area contributed by atoms with Gasteiger partial charge in [-0.2, -0.15) is 0 Å². The van der Waals surface area contributed by atoms with E-state index in [9.17, 15) is 22.6 Å². The maximum absolute atomic E-state index is 12.2. The first-order valence-corrected chi connectivity index (χ1v) is 7.34. The molecule has 0 unspecified atom stereocenters. The van der Waals surface area contributed by atoms with Gasteiger partial charge in [0, 0.05) is 0 Å². The van der Waals surface area contributed by atoms with Crippen LogP contribution < -0.4 is 4.90 Å². The van der Waals surface area contributed by atoms with Crippen molar-refractivity contribution < 1.29 is 22.6 Å². The summed E-state index contributed by atoms with van der Waals surface area (Å²) in [7, 11) is -4.56. The smallest absolute Gasteiger partial charge is 0.266 e. The summed E-state index contributed by atoms with van der Waals surface area (Å²) < 4.78 is 32.6. The lowest BCUT2D eigenvalue weighted by Gasteiger charge is -2.15. The fourth-order valence-electron chi connectivity index (χ4n) is 2.19. The zero-order chi connectivity index (χ0) is 15.2. The number of imide groups is 1. The number of anilines is 1. The summed E-state index contributed by atoms with van der Waals surface area (Å²) in [6, 6.07) is 11.1. The molecule has 1 aliphatic rings. The molecule has 0 N–H and O–H groups in total. The maximum atomic E-state index is 12.2. The molecule has 0 radical (unpaired) electrons. The van der Waals surface area contributed by atoms with Gasteiger partial charge in [-0.1, -0.05) is 12.1 Å². The highest BCUT2D eigenvalue weighted by Gasteiger charge is 2.36. The van der Waals surface area contributed by atoms with Gasteiger partial charge in [-0.15, -0.1) is 0 Å². The Bertz CT molecular complexity index is 820. The van der Waals surface area contributed by atoms with E-state index >= 15 is 0 Å². The molecule has 0 saturated carbocycles. The molecule has 2 amide bonds. The Balaban J connectivity index is 2.03. The standard InChI is InChI=1S/C14H9NO5S/c16-13-11-3-1-2-4-12(11)14(17)15(13)9-5-7-10(8-6-9)21(18,19)20/h1-8H,(H,18,19,20)/p-1. The molecule has 0 fully saturated rings. The van der Waals surface area contributed by atoms with Gasteiger partial charge >= 0.3 is 0 Å². The number of benzene rings is 2. The van der Waals surface area contributed by atoms with E-state index in [0.29, 0.717) is 11.1 Å². The minimum Gasteiger partial charge on any atom is -0.744 e. The number of hydrogen-bond donors (Lipinski definition) is 0. The molecule has 0 aliphatic carbocycles. The number of carbonyl (C=O) groups excluding carboxylic acids is 2. The van der Waals surface area contributed by atoms with Crippen LogP contribution in [0.5, 0.6) is 0 Å². The average molecular weight is 302 g/mol. The predicted molar refractivity (Wildman–Crippen MR) is 72.0 cm³/mol. The van der Waals surface area contributed by atoms with Crippen molar-refractivity contribution in [2.75, 3.05) is 4.90 Å².